The zero-order valence-corrected chi connectivity index (χ0v) is 14.5. The van der Waals surface area contributed by atoms with Gasteiger partial charge in [-0.15, -0.1) is 0 Å². The van der Waals surface area contributed by atoms with Gasteiger partial charge < -0.3 is 15.4 Å². The summed E-state index contributed by atoms with van der Waals surface area (Å²) in [4.78, 5) is 35.3. The molecule has 1 aromatic rings. The highest BCUT2D eigenvalue weighted by Crippen LogP contribution is 2.49. The molecule has 2 N–H and O–H groups in total. The highest BCUT2D eigenvalue weighted by Gasteiger charge is 2.40. The number of carbonyl (C=O) groups is 3. The Hall–Kier alpha value is -2.44. The highest BCUT2D eigenvalue weighted by molar-refractivity contribution is 5.94. The molecule has 2 fully saturated rings. The van der Waals surface area contributed by atoms with Crippen molar-refractivity contribution in [3.8, 4) is 0 Å². The number of anilines is 1. The minimum absolute atomic E-state index is 0.250. The van der Waals surface area contributed by atoms with Gasteiger partial charge in [-0.1, -0.05) is 6.42 Å². The Kier molecular flexibility index (Phi) is 5.85. The summed E-state index contributed by atoms with van der Waals surface area (Å²) >= 11 is 0. The minimum Gasteiger partial charge on any atom is -0.456 e. The Bertz CT molecular complexity index is 677. The van der Waals surface area contributed by atoms with Gasteiger partial charge in [0.25, 0.3) is 5.91 Å². The minimum atomic E-state index is -0.527. The van der Waals surface area contributed by atoms with Crippen LogP contribution in [0.3, 0.4) is 0 Å². The van der Waals surface area contributed by atoms with E-state index in [-0.39, 0.29) is 19.1 Å². The molecule has 0 heterocycles. The summed E-state index contributed by atoms with van der Waals surface area (Å²) in [6.07, 6.45) is 5.17. The maximum atomic E-state index is 12.8. The molecular formula is C19H23FN2O4. The standard InChI is InChI=1S/C19H23FN2O4/c20-15-3-5-16(6-4-15)22-17(23)10-21-18(24)11-26-19(25)9-14-8-12-1-2-13(14)7-12/h3-6,12-14H,1-2,7-11H2,(H,21,24)(H,22,23)/t12-,13-,14+/m1/s1. The molecule has 0 aliphatic heterocycles. The van der Waals surface area contributed by atoms with E-state index in [2.05, 4.69) is 10.6 Å². The molecule has 0 saturated heterocycles. The first-order valence-electron chi connectivity index (χ1n) is 8.97. The van der Waals surface area contributed by atoms with Crippen molar-refractivity contribution in [2.75, 3.05) is 18.5 Å². The number of rotatable bonds is 7. The Balaban J connectivity index is 1.30. The van der Waals surface area contributed by atoms with E-state index >= 15 is 0 Å². The number of nitrogens with one attached hydrogen (secondary N) is 2. The van der Waals surface area contributed by atoms with E-state index in [9.17, 15) is 18.8 Å². The summed E-state index contributed by atoms with van der Waals surface area (Å²) in [7, 11) is 0. The fourth-order valence-corrected chi connectivity index (χ4v) is 4.01. The predicted molar refractivity (Wildman–Crippen MR) is 92.6 cm³/mol. The first-order valence-corrected chi connectivity index (χ1v) is 8.97. The average Bonchev–Trinajstić information content (AvgIpc) is 3.23. The van der Waals surface area contributed by atoms with Gasteiger partial charge in [0.05, 0.1) is 6.54 Å². The number of esters is 1. The molecule has 2 amide bonds. The molecule has 7 heteroatoms. The summed E-state index contributed by atoms with van der Waals surface area (Å²) in [5.41, 5.74) is 0.433. The molecule has 2 aliphatic rings. The van der Waals surface area contributed by atoms with Gasteiger partial charge in [-0.2, -0.15) is 0 Å². The van der Waals surface area contributed by atoms with Crippen LogP contribution in [-0.4, -0.2) is 30.9 Å². The smallest absolute Gasteiger partial charge is 0.306 e. The molecule has 3 atom stereocenters. The fourth-order valence-electron chi connectivity index (χ4n) is 4.01. The van der Waals surface area contributed by atoms with Crippen LogP contribution >= 0.6 is 0 Å². The van der Waals surface area contributed by atoms with Crippen LogP contribution in [0, 0.1) is 23.6 Å². The molecule has 2 bridgehead atoms. The lowest BCUT2D eigenvalue weighted by Gasteiger charge is -2.20. The number of hydrogen-bond acceptors (Lipinski definition) is 4. The first-order chi connectivity index (χ1) is 12.5. The van der Waals surface area contributed by atoms with Gasteiger partial charge in [0.1, 0.15) is 5.82 Å². The molecule has 2 saturated carbocycles. The van der Waals surface area contributed by atoms with E-state index in [0.717, 1.165) is 12.3 Å². The van der Waals surface area contributed by atoms with Crippen molar-refractivity contribution in [3.05, 3.63) is 30.1 Å². The lowest BCUT2D eigenvalue weighted by atomic mass is 9.86. The zero-order valence-electron chi connectivity index (χ0n) is 14.5. The van der Waals surface area contributed by atoms with Crippen LogP contribution < -0.4 is 10.6 Å². The zero-order chi connectivity index (χ0) is 18.5. The van der Waals surface area contributed by atoms with Crippen molar-refractivity contribution in [3.63, 3.8) is 0 Å². The molecule has 0 unspecified atom stereocenters. The van der Waals surface area contributed by atoms with Crippen LogP contribution in [0.25, 0.3) is 0 Å². The molecule has 140 valence electrons. The van der Waals surface area contributed by atoms with E-state index in [1.54, 1.807) is 0 Å². The summed E-state index contributed by atoms with van der Waals surface area (Å²) in [5, 5.41) is 4.91. The van der Waals surface area contributed by atoms with Crippen LogP contribution in [0.1, 0.15) is 32.1 Å². The maximum Gasteiger partial charge on any atom is 0.306 e. The van der Waals surface area contributed by atoms with Crippen LogP contribution in [0.5, 0.6) is 0 Å². The predicted octanol–water partition coefficient (Wildman–Crippen LogP) is 2.25. The van der Waals surface area contributed by atoms with E-state index in [1.807, 2.05) is 0 Å². The summed E-state index contributed by atoms with van der Waals surface area (Å²) < 4.78 is 17.8. The monoisotopic (exact) mass is 362 g/mol. The van der Waals surface area contributed by atoms with Gasteiger partial charge in [0, 0.05) is 12.1 Å². The Morgan fingerprint density at radius 1 is 1.08 bits per heavy atom. The van der Waals surface area contributed by atoms with Crippen molar-refractivity contribution in [2.24, 2.45) is 17.8 Å². The molecule has 0 spiro atoms. The number of benzene rings is 1. The Labute approximate surface area is 151 Å². The van der Waals surface area contributed by atoms with Crippen LogP contribution in [0.15, 0.2) is 24.3 Å². The maximum absolute atomic E-state index is 12.8. The first kappa shape index (κ1) is 18.4. The third-order valence-corrected chi connectivity index (χ3v) is 5.25. The average molecular weight is 362 g/mol. The number of amides is 2. The molecule has 1 aromatic carbocycles. The van der Waals surface area contributed by atoms with Crippen LogP contribution in [0.4, 0.5) is 10.1 Å². The Morgan fingerprint density at radius 2 is 1.85 bits per heavy atom. The molecule has 3 rings (SSSR count). The molecule has 2 aliphatic carbocycles. The van der Waals surface area contributed by atoms with E-state index in [1.165, 1.54) is 43.5 Å². The van der Waals surface area contributed by atoms with E-state index in [0.29, 0.717) is 23.9 Å². The Morgan fingerprint density at radius 3 is 2.50 bits per heavy atom. The summed E-state index contributed by atoms with van der Waals surface area (Å²) in [5.74, 6) is 0.0684. The highest BCUT2D eigenvalue weighted by atomic mass is 19.1. The molecular weight excluding hydrogens is 339 g/mol. The van der Waals surface area contributed by atoms with Gasteiger partial charge in [-0.3, -0.25) is 14.4 Å². The third-order valence-electron chi connectivity index (χ3n) is 5.25. The largest absolute Gasteiger partial charge is 0.456 e. The molecule has 26 heavy (non-hydrogen) atoms. The van der Waals surface area contributed by atoms with Gasteiger partial charge >= 0.3 is 5.97 Å². The van der Waals surface area contributed by atoms with Crippen molar-refractivity contribution < 1.29 is 23.5 Å². The third kappa shape index (κ3) is 5.03. The number of hydrogen-bond donors (Lipinski definition) is 2. The quantitative estimate of drug-likeness (QED) is 0.729. The SMILES string of the molecule is O=C(COC(=O)C[C@@H]1C[C@@H]2CC[C@@H]1C2)NCC(=O)Nc1ccc(F)cc1. The lowest BCUT2D eigenvalue weighted by Crippen LogP contribution is -2.35. The number of carbonyl (C=O) groups excluding carboxylic acids is 3. The molecule has 0 aromatic heterocycles. The normalized spacial score (nSPS) is 23.5. The van der Waals surface area contributed by atoms with Crippen molar-refractivity contribution >= 4 is 23.5 Å². The van der Waals surface area contributed by atoms with Gasteiger partial charge in [-0.05, 0) is 61.3 Å². The second kappa shape index (κ2) is 8.29. The second-order valence-electron chi connectivity index (χ2n) is 7.13. The van der Waals surface area contributed by atoms with E-state index in [4.69, 9.17) is 4.74 Å². The van der Waals surface area contributed by atoms with Crippen molar-refractivity contribution in [2.45, 2.75) is 32.1 Å². The fraction of sp³-hybridized carbons (Fsp3) is 0.526. The summed E-state index contributed by atoms with van der Waals surface area (Å²) in [6.45, 7) is -0.635. The second-order valence-corrected chi connectivity index (χ2v) is 7.13. The number of halogens is 1. The van der Waals surface area contributed by atoms with Crippen LogP contribution in [0.2, 0.25) is 0 Å². The van der Waals surface area contributed by atoms with E-state index < -0.39 is 17.6 Å². The topological polar surface area (TPSA) is 84.5 Å². The van der Waals surface area contributed by atoms with Crippen molar-refractivity contribution in [1.29, 1.82) is 0 Å². The van der Waals surface area contributed by atoms with Crippen molar-refractivity contribution in [1.82, 2.24) is 5.32 Å². The molecule has 0 radical (unpaired) electrons. The lowest BCUT2D eigenvalue weighted by molar-refractivity contribution is -0.149. The van der Waals surface area contributed by atoms with Gasteiger partial charge in [0.15, 0.2) is 6.61 Å². The summed E-state index contributed by atoms with van der Waals surface area (Å²) in [6, 6.07) is 5.30. The molecule has 6 nitrogen and oxygen atoms in total. The number of ether oxygens (including phenoxy) is 1. The van der Waals surface area contributed by atoms with Gasteiger partial charge in [-0.25, -0.2) is 4.39 Å². The number of fused-ring (bicyclic) bond motifs is 2. The van der Waals surface area contributed by atoms with Crippen LogP contribution in [-0.2, 0) is 19.1 Å². The van der Waals surface area contributed by atoms with Gasteiger partial charge in [0.2, 0.25) is 5.91 Å².